The molecule has 5 heteroatoms. The van der Waals surface area contributed by atoms with Gasteiger partial charge in [0, 0.05) is 24.3 Å². The molecule has 1 aromatic rings. The molecule has 1 atom stereocenters. The number of hydrogen-bond donors (Lipinski definition) is 1. The van der Waals surface area contributed by atoms with Crippen molar-refractivity contribution in [2.75, 3.05) is 7.11 Å². The molecule has 1 unspecified atom stereocenters. The number of ether oxygens (including phenoxy) is 2. The first-order valence-electron chi connectivity index (χ1n) is 8.32. The van der Waals surface area contributed by atoms with Gasteiger partial charge in [-0.3, -0.25) is 9.59 Å². The van der Waals surface area contributed by atoms with E-state index in [2.05, 4.69) is 0 Å². The van der Waals surface area contributed by atoms with E-state index >= 15 is 0 Å². The maximum Gasteiger partial charge on any atom is 0.198 e. The van der Waals surface area contributed by atoms with Crippen molar-refractivity contribution < 1.29 is 19.1 Å². The quantitative estimate of drug-likeness (QED) is 0.913. The highest BCUT2D eigenvalue weighted by atomic mass is 16.5. The van der Waals surface area contributed by atoms with Gasteiger partial charge in [0.05, 0.1) is 12.7 Å². The van der Waals surface area contributed by atoms with Crippen molar-refractivity contribution in [1.29, 1.82) is 0 Å². The molecule has 132 valence electrons. The summed E-state index contributed by atoms with van der Waals surface area (Å²) in [4.78, 5) is 25.1. The molecule has 0 saturated heterocycles. The Morgan fingerprint density at radius 3 is 2.44 bits per heavy atom. The van der Waals surface area contributed by atoms with Gasteiger partial charge in [-0.1, -0.05) is 26.0 Å². The predicted molar refractivity (Wildman–Crippen MR) is 93.8 cm³/mol. The Morgan fingerprint density at radius 1 is 1.24 bits per heavy atom. The minimum atomic E-state index is -0.490. The lowest BCUT2D eigenvalue weighted by Gasteiger charge is -2.38. The van der Waals surface area contributed by atoms with Gasteiger partial charge in [0.15, 0.2) is 17.4 Å². The zero-order valence-corrected chi connectivity index (χ0v) is 15.0. The molecule has 1 heterocycles. The van der Waals surface area contributed by atoms with Gasteiger partial charge in [0.1, 0.15) is 11.5 Å². The van der Waals surface area contributed by atoms with E-state index in [0.29, 0.717) is 35.5 Å². The van der Waals surface area contributed by atoms with Crippen molar-refractivity contribution in [3.8, 4) is 5.75 Å². The number of carbonyl (C=O) groups is 2. The maximum absolute atomic E-state index is 12.9. The van der Waals surface area contributed by atoms with E-state index in [1.54, 1.807) is 7.11 Å². The number of Topliss-reactive ketones (excluding diaryl/α,β-unsaturated/α-hetero) is 2. The van der Waals surface area contributed by atoms with Crippen molar-refractivity contribution in [1.82, 2.24) is 0 Å². The van der Waals surface area contributed by atoms with Gasteiger partial charge in [-0.05, 0) is 30.0 Å². The molecule has 0 aromatic heterocycles. The second-order valence-corrected chi connectivity index (χ2v) is 7.42. The molecule has 1 aliphatic carbocycles. The van der Waals surface area contributed by atoms with Gasteiger partial charge < -0.3 is 15.2 Å². The third kappa shape index (κ3) is 3.06. The van der Waals surface area contributed by atoms with E-state index in [0.717, 1.165) is 5.56 Å². The largest absolute Gasteiger partial charge is 0.497 e. The van der Waals surface area contributed by atoms with Gasteiger partial charge in [-0.2, -0.15) is 0 Å². The van der Waals surface area contributed by atoms with Crippen LogP contribution in [-0.4, -0.2) is 18.7 Å². The number of ketones is 2. The van der Waals surface area contributed by atoms with E-state index in [9.17, 15) is 9.59 Å². The van der Waals surface area contributed by atoms with Crippen LogP contribution in [0.1, 0.15) is 45.1 Å². The van der Waals surface area contributed by atoms with Gasteiger partial charge in [0.25, 0.3) is 0 Å². The Hall–Kier alpha value is -2.56. The van der Waals surface area contributed by atoms with E-state index in [4.69, 9.17) is 15.2 Å². The zero-order chi connectivity index (χ0) is 18.4. The second kappa shape index (κ2) is 6.06. The molecule has 25 heavy (non-hydrogen) atoms. The summed E-state index contributed by atoms with van der Waals surface area (Å²) in [6, 6.07) is 7.36. The highest BCUT2D eigenvalue weighted by Gasteiger charge is 2.43. The molecule has 0 spiro atoms. The lowest BCUT2D eigenvalue weighted by atomic mass is 9.69. The molecule has 1 aromatic carbocycles. The number of hydrogen-bond acceptors (Lipinski definition) is 5. The zero-order valence-electron chi connectivity index (χ0n) is 15.0. The standard InChI is InChI=1S/C20H23NO4/c1-11(22)16-17(12-5-7-13(24-4)8-6-12)18-14(23)9-20(2,3)10-15(18)25-19(16)21/h5-8,17H,9-10,21H2,1-4H3. The molecule has 0 amide bonds. The lowest BCUT2D eigenvalue weighted by Crippen LogP contribution is -2.35. The number of rotatable bonds is 3. The molecule has 5 nitrogen and oxygen atoms in total. The highest BCUT2D eigenvalue weighted by Crippen LogP contribution is 2.48. The fourth-order valence-corrected chi connectivity index (χ4v) is 3.67. The average Bonchev–Trinajstić information content (AvgIpc) is 2.52. The molecule has 0 fully saturated rings. The van der Waals surface area contributed by atoms with Crippen molar-refractivity contribution in [2.45, 2.75) is 39.5 Å². The summed E-state index contributed by atoms with van der Waals surface area (Å²) in [6.07, 6.45) is 1.04. The monoisotopic (exact) mass is 341 g/mol. The lowest BCUT2D eigenvalue weighted by molar-refractivity contribution is -0.119. The summed E-state index contributed by atoms with van der Waals surface area (Å²) in [5.41, 5.74) is 7.62. The van der Waals surface area contributed by atoms with Crippen LogP contribution in [0.2, 0.25) is 0 Å². The van der Waals surface area contributed by atoms with E-state index in [1.165, 1.54) is 6.92 Å². The Kier molecular flexibility index (Phi) is 4.19. The predicted octanol–water partition coefficient (Wildman–Crippen LogP) is 3.21. The number of allylic oxidation sites excluding steroid dienone is 3. The third-order valence-electron chi connectivity index (χ3n) is 4.78. The molecule has 2 N–H and O–H groups in total. The summed E-state index contributed by atoms with van der Waals surface area (Å²) in [7, 11) is 1.59. The number of carbonyl (C=O) groups excluding carboxylic acids is 2. The molecule has 0 radical (unpaired) electrons. The maximum atomic E-state index is 12.9. The third-order valence-corrected chi connectivity index (χ3v) is 4.78. The van der Waals surface area contributed by atoms with Crippen LogP contribution in [0.15, 0.2) is 47.1 Å². The fraction of sp³-hybridized carbons (Fsp3) is 0.400. The molecular weight excluding hydrogens is 318 g/mol. The summed E-state index contributed by atoms with van der Waals surface area (Å²) in [5, 5.41) is 0. The molecule has 0 bridgehead atoms. The highest BCUT2D eigenvalue weighted by molar-refractivity contribution is 6.04. The molecule has 3 rings (SSSR count). The van der Waals surface area contributed by atoms with Crippen LogP contribution in [0.5, 0.6) is 5.75 Å². The number of nitrogens with two attached hydrogens (primary N) is 1. The minimum Gasteiger partial charge on any atom is -0.497 e. The van der Waals surface area contributed by atoms with Crippen LogP contribution < -0.4 is 10.5 Å². The summed E-state index contributed by atoms with van der Waals surface area (Å²) in [5.74, 6) is 0.723. The summed E-state index contributed by atoms with van der Waals surface area (Å²) >= 11 is 0. The van der Waals surface area contributed by atoms with Crippen molar-refractivity contribution in [2.24, 2.45) is 11.1 Å². The second-order valence-electron chi connectivity index (χ2n) is 7.42. The van der Waals surface area contributed by atoms with Gasteiger partial charge in [-0.25, -0.2) is 0 Å². The van der Waals surface area contributed by atoms with Crippen molar-refractivity contribution in [3.05, 3.63) is 52.6 Å². The van der Waals surface area contributed by atoms with E-state index in [-0.39, 0.29) is 22.9 Å². The van der Waals surface area contributed by atoms with Gasteiger partial charge >= 0.3 is 0 Å². The van der Waals surface area contributed by atoms with Gasteiger partial charge in [-0.15, -0.1) is 0 Å². The molecule has 1 aliphatic heterocycles. The Morgan fingerprint density at radius 2 is 1.88 bits per heavy atom. The summed E-state index contributed by atoms with van der Waals surface area (Å²) in [6.45, 7) is 5.51. The smallest absolute Gasteiger partial charge is 0.198 e. The van der Waals surface area contributed by atoms with Crippen molar-refractivity contribution >= 4 is 11.6 Å². The average molecular weight is 341 g/mol. The Bertz CT molecular complexity index is 799. The van der Waals surface area contributed by atoms with Crippen LogP contribution in [0, 0.1) is 5.41 Å². The molecular formula is C20H23NO4. The van der Waals surface area contributed by atoms with Crippen LogP contribution in [-0.2, 0) is 14.3 Å². The van der Waals surface area contributed by atoms with E-state index < -0.39 is 5.92 Å². The summed E-state index contributed by atoms with van der Waals surface area (Å²) < 4.78 is 10.9. The molecule has 2 aliphatic rings. The Balaban J connectivity index is 2.17. The van der Waals surface area contributed by atoms with Crippen molar-refractivity contribution in [3.63, 3.8) is 0 Å². The SMILES string of the molecule is COc1ccc(C2C(C(C)=O)=C(N)OC3=C2C(=O)CC(C)(C)C3)cc1. The van der Waals surface area contributed by atoms with Gasteiger partial charge in [0.2, 0.25) is 0 Å². The van der Waals surface area contributed by atoms with Crippen LogP contribution in [0.3, 0.4) is 0 Å². The van der Waals surface area contributed by atoms with Crippen LogP contribution in [0.4, 0.5) is 0 Å². The number of benzene rings is 1. The van der Waals surface area contributed by atoms with E-state index in [1.807, 2.05) is 38.1 Å². The topological polar surface area (TPSA) is 78.6 Å². The first-order valence-corrected chi connectivity index (χ1v) is 8.32. The fourth-order valence-electron chi connectivity index (χ4n) is 3.67. The van der Waals surface area contributed by atoms with Crippen LogP contribution >= 0.6 is 0 Å². The van der Waals surface area contributed by atoms with Crippen LogP contribution in [0.25, 0.3) is 0 Å². The minimum absolute atomic E-state index is 0.0123. The normalized spacial score (nSPS) is 22.4. The molecule has 0 saturated carbocycles. The first kappa shape index (κ1) is 17.3. The Labute approximate surface area is 147 Å². The number of methoxy groups -OCH3 is 1. The first-order chi connectivity index (χ1) is 11.7.